The summed E-state index contributed by atoms with van der Waals surface area (Å²) < 4.78 is 1.67. The zero-order chi connectivity index (χ0) is 12.7. The van der Waals surface area contributed by atoms with E-state index in [0.717, 1.165) is 4.42 Å². The lowest BCUT2D eigenvalue weighted by Crippen LogP contribution is -3.00. The van der Waals surface area contributed by atoms with E-state index >= 15 is 0 Å². The van der Waals surface area contributed by atoms with Gasteiger partial charge in [-0.05, 0) is 13.8 Å². The molecule has 0 radical (unpaired) electrons. The first-order valence-corrected chi connectivity index (χ1v) is 5.53. The topological polar surface area (TPSA) is 40.6 Å². The van der Waals surface area contributed by atoms with Crippen LogP contribution in [0, 0.1) is 0 Å². The average Bonchev–Trinajstić information content (AvgIpc) is 2.26. The van der Waals surface area contributed by atoms with Crippen molar-refractivity contribution in [2.24, 2.45) is 0 Å². The molecule has 0 N–H and O–H groups in total. The molecule has 0 unspecified atom stereocenters. The lowest BCUT2D eigenvalue weighted by Gasteiger charge is -2.26. The second-order valence-electron chi connectivity index (χ2n) is 5.59. The van der Waals surface area contributed by atoms with Gasteiger partial charge in [-0.15, -0.1) is 0 Å². The molecule has 3 amide bonds. The number of quaternary nitrogens is 1. The Morgan fingerprint density at radius 3 is 2.00 bits per heavy atom. The van der Waals surface area contributed by atoms with E-state index in [-0.39, 0.29) is 18.3 Å². The molecule has 0 spiro atoms. The molecule has 1 heterocycles. The van der Waals surface area contributed by atoms with E-state index in [1.165, 1.54) is 4.90 Å². The van der Waals surface area contributed by atoms with Crippen LogP contribution in [0.15, 0.2) is 0 Å². The van der Waals surface area contributed by atoms with Crippen molar-refractivity contribution in [3.63, 3.8) is 0 Å². The Hall–Kier alpha value is -0.520. The second kappa shape index (κ2) is 5.00. The third kappa shape index (κ3) is 3.24. The van der Waals surface area contributed by atoms with E-state index in [2.05, 4.69) is 0 Å². The number of halogens is 2. The zero-order valence-corrected chi connectivity index (χ0v) is 12.3. The summed E-state index contributed by atoms with van der Waals surface area (Å²) in [4.78, 5) is 24.9. The highest BCUT2D eigenvalue weighted by Crippen LogP contribution is 2.29. The lowest BCUT2D eigenvalue weighted by atomic mass is 10.1. The summed E-state index contributed by atoms with van der Waals surface area (Å²) in [6, 6.07) is -0.426. The quantitative estimate of drug-likeness (QED) is 0.338. The molecule has 0 atom stereocenters. The van der Waals surface area contributed by atoms with Crippen molar-refractivity contribution < 1.29 is 26.5 Å². The van der Waals surface area contributed by atoms with Crippen molar-refractivity contribution in [2.45, 2.75) is 19.4 Å². The van der Waals surface area contributed by atoms with Crippen LogP contribution in [-0.2, 0) is 4.79 Å². The molecule has 100 valence electrons. The van der Waals surface area contributed by atoms with Crippen molar-refractivity contribution in [3.05, 3.63) is 0 Å². The molecule has 0 bridgehead atoms. The summed E-state index contributed by atoms with van der Waals surface area (Å²) in [6.07, 6.45) is 0. The van der Waals surface area contributed by atoms with Crippen LogP contribution in [0.1, 0.15) is 13.8 Å². The second-order valence-corrected chi connectivity index (χ2v) is 5.93. The maximum absolute atomic E-state index is 11.9. The van der Waals surface area contributed by atoms with Crippen molar-refractivity contribution in [2.75, 3.05) is 34.2 Å². The summed E-state index contributed by atoms with van der Waals surface area (Å²) >= 11 is 5.81. The first-order chi connectivity index (χ1) is 7.07. The number of amides is 3. The summed E-state index contributed by atoms with van der Waals surface area (Å²) in [5.41, 5.74) is -0.941. The predicted octanol–water partition coefficient (Wildman–Crippen LogP) is -2.11. The van der Waals surface area contributed by atoms with Crippen LogP contribution >= 0.6 is 11.8 Å². The van der Waals surface area contributed by atoms with Gasteiger partial charge in [-0.1, -0.05) is 0 Å². The molecular weight excluding hydrogens is 265 g/mol. The van der Waals surface area contributed by atoms with Crippen molar-refractivity contribution >= 4 is 23.7 Å². The summed E-state index contributed by atoms with van der Waals surface area (Å²) in [7, 11) is 6.03. The van der Waals surface area contributed by atoms with E-state index in [0.29, 0.717) is 17.6 Å². The molecule has 17 heavy (non-hydrogen) atoms. The number of imide groups is 1. The Labute approximate surface area is 113 Å². The number of likely N-dealkylation sites (N-methyl/N-ethyl adjacent to an activating group) is 1. The predicted molar refractivity (Wildman–Crippen MR) is 61.8 cm³/mol. The summed E-state index contributed by atoms with van der Waals surface area (Å²) in [5.74, 6) is -0.235. The van der Waals surface area contributed by atoms with Gasteiger partial charge in [-0.2, -0.15) is 0 Å². The largest absolute Gasteiger partial charge is 1.00 e. The lowest BCUT2D eigenvalue weighted by molar-refractivity contribution is -0.869. The number of hydrogen-bond acceptors (Lipinski definition) is 2. The molecule has 0 saturated carbocycles. The minimum atomic E-state index is -0.941. The zero-order valence-electron chi connectivity index (χ0n) is 10.8. The van der Waals surface area contributed by atoms with Crippen molar-refractivity contribution in [1.82, 2.24) is 9.32 Å². The standard InChI is InChI=1S/C10H19ClN3O2.ClH/c1-10(2)8(15)12(9(16)13(10)11)6-7-14(3,4)5;/h6-7H2,1-5H3;1H/q+1;/p-1. The number of carbonyl (C=O) groups excluding carboxylic acids is 2. The van der Waals surface area contributed by atoms with Crippen molar-refractivity contribution in [3.8, 4) is 0 Å². The van der Waals surface area contributed by atoms with Gasteiger partial charge in [0.05, 0.1) is 34.2 Å². The monoisotopic (exact) mass is 283 g/mol. The molecule has 0 aliphatic carbocycles. The van der Waals surface area contributed by atoms with Gasteiger partial charge in [0.1, 0.15) is 5.54 Å². The molecule has 1 aliphatic heterocycles. The number of urea groups is 1. The Balaban J connectivity index is 0.00000256. The number of rotatable bonds is 3. The maximum atomic E-state index is 11.9. The van der Waals surface area contributed by atoms with Crippen LogP contribution in [0.3, 0.4) is 0 Å². The Morgan fingerprint density at radius 2 is 1.71 bits per heavy atom. The summed E-state index contributed by atoms with van der Waals surface area (Å²) in [5, 5.41) is 0. The van der Waals surface area contributed by atoms with Gasteiger partial charge in [0, 0.05) is 11.8 Å². The van der Waals surface area contributed by atoms with E-state index < -0.39 is 11.6 Å². The first-order valence-electron chi connectivity index (χ1n) is 5.20. The van der Waals surface area contributed by atoms with Gasteiger partial charge in [-0.25, -0.2) is 9.21 Å². The highest BCUT2D eigenvalue weighted by molar-refractivity contribution is 6.27. The smallest absolute Gasteiger partial charge is 0.342 e. The third-order valence-corrected chi connectivity index (χ3v) is 3.22. The molecule has 1 saturated heterocycles. The van der Waals surface area contributed by atoms with Crippen LogP contribution in [0.4, 0.5) is 4.79 Å². The van der Waals surface area contributed by atoms with Gasteiger partial charge < -0.3 is 16.9 Å². The Bertz CT molecular complexity index is 326. The molecule has 0 aromatic carbocycles. The van der Waals surface area contributed by atoms with Gasteiger partial charge >= 0.3 is 6.03 Å². The van der Waals surface area contributed by atoms with E-state index in [1.54, 1.807) is 13.8 Å². The molecule has 0 aromatic heterocycles. The van der Waals surface area contributed by atoms with Crippen LogP contribution in [0.25, 0.3) is 0 Å². The Kier molecular flexibility index (Phi) is 4.85. The third-order valence-electron chi connectivity index (χ3n) is 2.65. The molecule has 1 fully saturated rings. The minimum Gasteiger partial charge on any atom is -1.00 e. The van der Waals surface area contributed by atoms with Gasteiger partial charge in [0.25, 0.3) is 5.91 Å². The average molecular weight is 284 g/mol. The fourth-order valence-corrected chi connectivity index (χ4v) is 1.61. The van der Waals surface area contributed by atoms with Crippen LogP contribution in [0.2, 0.25) is 0 Å². The van der Waals surface area contributed by atoms with E-state index in [4.69, 9.17) is 11.8 Å². The fourth-order valence-electron chi connectivity index (χ4n) is 1.44. The number of carbonyl (C=O) groups is 2. The molecule has 0 aromatic rings. The van der Waals surface area contributed by atoms with E-state index in [1.807, 2.05) is 21.1 Å². The molecule has 1 rings (SSSR count). The van der Waals surface area contributed by atoms with E-state index in [9.17, 15) is 9.59 Å². The van der Waals surface area contributed by atoms with Crippen LogP contribution in [-0.4, -0.2) is 65.5 Å². The highest BCUT2D eigenvalue weighted by Gasteiger charge is 2.51. The first kappa shape index (κ1) is 16.5. The molecular formula is C10H19Cl2N3O2. The Morgan fingerprint density at radius 1 is 1.24 bits per heavy atom. The SMILES string of the molecule is CC1(C)C(=O)N(CC[N+](C)(C)C)C(=O)N1Cl.[Cl-]. The number of hydrogen-bond donors (Lipinski definition) is 0. The normalized spacial score (nSPS) is 19.6. The molecule has 7 heteroatoms. The highest BCUT2D eigenvalue weighted by atomic mass is 35.5. The molecule has 5 nitrogen and oxygen atoms in total. The van der Waals surface area contributed by atoms with Gasteiger partial charge in [0.2, 0.25) is 0 Å². The van der Waals surface area contributed by atoms with Crippen molar-refractivity contribution in [1.29, 1.82) is 0 Å². The van der Waals surface area contributed by atoms with Gasteiger partial charge in [-0.3, -0.25) is 9.69 Å². The molecule has 1 aliphatic rings. The summed E-state index contributed by atoms with van der Waals surface area (Å²) in [6.45, 7) is 4.39. The minimum absolute atomic E-state index is 0. The van der Waals surface area contributed by atoms with Crippen LogP contribution in [0.5, 0.6) is 0 Å². The number of nitrogens with zero attached hydrogens (tertiary/aromatic N) is 3. The maximum Gasteiger partial charge on any atom is 0.342 e. The van der Waals surface area contributed by atoms with Gasteiger partial charge in [0.15, 0.2) is 0 Å². The fraction of sp³-hybridized carbons (Fsp3) is 0.800. The van der Waals surface area contributed by atoms with Crippen LogP contribution < -0.4 is 12.4 Å².